The molecule has 0 aliphatic carbocycles. The van der Waals surface area contributed by atoms with E-state index in [4.69, 9.17) is 5.73 Å². The number of quaternary nitrogens is 2. The molecule has 2 aliphatic rings. The van der Waals surface area contributed by atoms with Gasteiger partial charge in [0, 0.05) is 16.6 Å². The first-order valence-electron chi connectivity index (χ1n) is 10.6. The zero-order valence-corrected chi connectivity index (χ0v) is 16.8. The summed E-state index contributed by atoms with van der Waals surface area (Å²) >= 11 is 0. The van der Waals surface area contributed by atoms with Crippen LogP contribution in [-0.2, 0) is 4.79 Å². The Hall–Kier alpha value is -2.18. The van der Waals surface area contributed by atoms with Crippen molar-refractivity contribution in [1.29, 1.82) is 0 Å². The van der Waals surface area contributed by atoms with Gasteiger partial charge in [0.05, 0.1) is 44.6 Å². The third-order valence-corrected chi connectivity index (χ3v) is 7.00. The van der Waals surface area contributed by atoms with Crippen molar-refractivity contribution < 1.29 is 19.4 Å². The molecule has 1 amide bonds. The second kappa shape index (κ2) is 7.68. The van der Waals surface area contributed by atoms with Gasteiger partial charge in [-0.25, -0.2) is 0 Å². The molecule has 5 N–H and O–H groups in total. The number of hydrogen-bond acceptors (Lipinski definition) is 2. The number of para-hydroxylation sites is 1. The fourth-order valence-corrected chi connectivity index (χ4v) is 5.39. The van der Waals surface area contributed by atoms with Crippen molar-refractivity contribution in [3.63, 3.8) is 0 Å². The van der Waals surface area contributed by atoms with Gasteiger partial charge in [-0.1, -0.05) is 18.2 Å². The fourth-order valence-electron chi connectivity index (χ4n) is 5.39. The van der Waals surface area contributed by atoms with Crippen LogP contribution >= 0.6 is 0 Å². The van der Waals surface area contributed by atoms with E-state index in [-0.39, 0.29) is 11.7 Å². The fraction of sp³-hybridized carbons (Fsp3) is 0.545. The number of nitrogens with one attached hydrogen (secondary N) is 3. The van der Waals surface area contributed by atoms with Crippen LogP contribution in [0.4, 0.5) is 0 Å². The number of hydrogen-bond donors (Lipinski definition) is 4. The Morgan fingerprint density at radius 3 is 2.43 bits per heavy atom. The third kappa shape index (κ3) is 3.35. The number of rotatable bonds is 5. The lowest BCUT2D eigenvalue weighted by atomic mass is 9.83. The predicted octanol–water partition coefficient (Wildman–Crippen LogP) is -0.369. The van der Waals surface area contributed by atoms with Crippen molar-refractivity contribution >= 4 is 22.6 Å². The highest BCUT2D eigenvalue weighted by molar-refractivity contribution is 6.09. The molecule has 2 saturated heterocycles. The van der Waals surface area contributed by atoms with Gasteiger partial charge in [-0.15, -0.1) is 0 Å². The lowest BCUT2D eigenvalue weighted by Crippen LogP contribution is -3.26. The predicted molar refractivity (Wildman–Crippen MR) is 109 cm³/mol. The Kier molecular flexibility index (Phi) is 5.25. The number of benzene rings is 1. The molecule has 1 aromatic heterocycles. The number of carbonyl (C=O) groups excluding carboxylic acids is 2. The van der Waals surface area contributed by atoms with Crippen LogP contribution in [0.15, 0.2) is 24.3 Å². The molecular formula is C22H32N4O2+2. The van der Waals surface area contributed by atoms with Crippen LogP contribution in [0.2, 0.25) is 0 Å². The number of H-pyrrole nitrogens is 1. The quantitative estimate of drug-likeness (QED) is 0.531. The maximum Gasteiger partial charge on any atom is 0.279 e. The van der Waals surface area contributed by atoms with Crippen molar-refractivity contribution in [2.24, 2.45) is 5.73 Å². The Labute approximate surface area is 166 Å². The number of amides is 1. The first kappa shape index (κ1) is 19.2. The van der Waals surface area contributed by atoms with Crippen LogP contribution in [0.25, 0.3) is 10.9 Å². The molecule has 0 unspecified atom stereocenters. The number of primary amides is 1. The number of aromatic amines is 1. The number of ketones is 1. The summed E-state index contributed by atoms with van der Waals surface area (Å²) in [6, 6.07) is 7.97. The zero-order chi connectivity index (χ0) is 19.7. The van der Waals surface area contributed by atoms with Gasteiger partial charge in [0.15, 0.2) is 5.54 Å². The Morgan fingerprint density at radius 1 is 1.07 bits per heavy atom. The number of carbonyl (C=O) groups is 2. The van der Waals surface area contributed by atoms with Gasteiger partial charge in [-0.2, -0.15) is 0 Å². The number of piperidine rings is 2. The summed E-state index contributed by atoms with van der Waals surface area (Å²) in [5.74, 6) is 0.0316. The second-order valence-electron chi connectivity index (χ2n) is 8.63. The number of aromatic nitrogens is 1. The summed E-state index contributed by atoms with van der Waals surface area (Å²) in [7, 11) is 0. The van der Waals surface area contributed by atoms with Crippen LogP contribution in [0, 0.1) is 6.92 Å². The van der Waals surface area contributed by atoms with Gasteiger partial charge in [-0.05, 0) is 32.3 Å². The normalized spacial score (nSPS) is 26.4. The Bertz CT molecular complexity index is 874. The molecule has 3 heterocycles. The van der Waals surface area contributed by atoms with Crippen LogP contribution in [0.5, 0.6) is 0 Å². The SMILES string of the molecule is Cc1[nH]c2ccccc2c1C(=O)C[NH+]1CCC(C(N)=O)([NH+]2CCCCC2)CC1. The first-order chi connectivity index (χ1) is 13.5. The average molecular weight is 385 g/mol. The van der Waals surface area contributed by atoms with Gasteiger partial charge >= 0.3 is 0 Å². The Balaban J connectivity index is 1.45. The molecule has 0 radical (unpaired) electrons. The third-order valence-electron chi connectivity index (χ3n) is 7.00. The molecule has 1 aromatic carbocycles. The molecule has 6 heteroatoms. The lowest BCUT2D eigenvalue weighted by Gasteiger charge is -2.43. The van der Waals surface area contributed by atoms with E-state index in [0.717, 1.165) is 61.2 Å². The largest absolute Gasteiger partial charge is 0.364 e. The van der Waals surface area contributed by atoms with Crippen molar-refractivity contribution in [1.82, 2.24) is 4.98 Å². The minimum Gasteiger partial charge on any atom is -0.364 e. The van der Waals surface area contributed by atoms with Gasteiger partial charge in [0.2, 0.25) is 5.78 Å². The average Bonchev–Trinajstić information content (AvgIpc) is 3.05. The van der Waals surface area contributed by atoms with E-state index >= 15 is 0 Å². The van der Waals surface area contributed by atoms with Crippen LogP contribution in [-0.4, -0.2) is 54.9 Å². The Morgan fingerprint density at radius 2 is 1.75 bits per heavy atom. The minimum atomic E-state index is -0.427. The van der Waals surface area contributed by atoms with E-state index in [9.17, 15) is 9.59 Å². The van der Waals surface area contributed by atoms with Crippen LogP contribution in [0.3, 0.4) is 0 Å². The van der Waals surface area contributed by atoms with E-state index in [1.54, 1.807) is 0 Å². The molecule has 0 bridgehead atoms. The lowest BCUT2D eigenvalue weighted by molar-refractivity contribution is -0.972. The first-order valence-corrected chi connectivity index (χ1v) is 10.6. The van der Waals surface area contributed by atoms with Crippen LogP contribution in [0.1, 0.15) is 48.2 Å². The summed E-state index contributed by atoms with van der Waals surface area (Å²) in [6.45, 7) is 6.21. The molecule has 4 rings (SSSR count). The van der Waals surface area contributed by atoms with E-state index in [1.165, 1.54) is 29.1 Å². The van der Waals surface area contributed by atoms with E-state index in [2.05, 4.69) is 4.98 Å². The zero-order valence-electron chi connectivity index (χ0n) is 16.8. The highest BCUT2D eigenvalue weighted by Gasteiger charge is 2.50. The summed E-state index contributed by atoms with van der Waals surface area (Å²) < 4.78 is 0. The van der Waals surface area contributed by atoms with Crippen molar-refractivity contribution in [3.8, 4) is 0 Å². The standard InChI is InChI=1S/C22H30N4O2/c1-16-20(17-7-3-4-8-18(17)24-16)19(27)15-25-13-9-22(10-14-25,21(23)28)26-11-5-2-6-12-26/h3-4,7-8,24H,2,5-6,9-15H2,1H3,(H2,23,28)/p+2. The second-order valence-corrected chi connectivity index (χ2v) is 8.63. The molecule has 0 spiro atoms. The summed E-state index contributed by atoms with van der Waals surface area (Å²) in [5.41, 5.74) is 8.24. The molecule has 0 atom stereocenters. The molecule has 28 heavy (non-hydrogen) atoms. The number of fused-ring (bicyclic) bond motifs is 1. The van der Waals surface area contributed by atoms with Gasteiger partial charge < -0.3 is 20.5 Å². The number of nitrogens with two attached hydrogens (primary N) is 1. The van der Waals surface area contributed by atoms with Crippen LogP contribution < -0.4 is 15.5 Å². The molecule has 0 saturated carbocycles. The highest BCUT2D eigenvalue weighted by atomic mass is 16.2. The molecule has 2 aromatic rings. The summed E-state index contributed by atoms with van der Waals surface area (Å²) in [6.07, 6.45) is 5.19. The molecule has 2 fully saturated rings. The number of likely N-dealkylation sites (tertiary alicyclic amines) is 2. The topological polar surface area (TPSA) is 84.8 Å². The van der Waals surface area contributed by atoms with E-state index < -0.39 is 5.54 Å². The number of aryl methyl sites for hydroxylation is 1. The smallest absolute Gasteiger partial charge is 0.279 e. The molecule has 2 aliphatic heterocycles. The van der Waals surface area contributed by atoms with Gasteiger partial charge in [0.25, 0.3) is 5.91 Å². The van der Waals surface area contributed by atoms with Gasteiger partial charge in [-0.3, -0.25) is 9.59 Å². The van der Waals surface area contributed by atoms with Crippen molar-refractivity contribution in [3.05, 3.63) is 35.5 Å². The van der Waals surface area contributed by atoms with Crippen molar-refractivity contribution in [2.75, 3.05) is 32.7 Å². The van der Waals surface area contributed by atoms with E-state index in [1.807, 2.05) is 31.2 Å². The minimum absolute atomic E-state index is 0.151. The summed E-state index contributed by atoms with van der Waals surface area (Å²) in [5, 5.41) is 1.01. The molecule has 6 nitrogen and oxygen atoms in total. The summed E-state index contributed by atoms with van der Waals surface area (Å²) in [4.78, 5) is 31.4. The van der Waals surface area contributed by atoms with Crippen molar-refractivity contribution in [2.45, 2.75) is 44.6 Å². The maximum absolute atomic E-state index is 13.1. The number of Topliss-reactive ketones (excluding diaryl/α,β-unsaturated/α-hetero) is 1. The highest BCUT2D eigenvalue weighted by Crippen LogP contribution is 2.22. The monoisotopic (exact) mass is 384 g/mol. The molecule has 150 valence electrons. The maximum atomic E-state index is 13.1. The van der Waals surface area contributed by atoms with Gasteiger partial charge in [0.1, 0.15) is 6.54 Å². The van der Waals surface area contributed by atoms with E-state index in [0.29, 0.717) is 6.54 Å². The molecular weight excluding hydrogens is 352 g/mol.